The molecule has 1 rings (SSSR count). The van der Waals surface area contributed by atoms with Gasteiger partial charge in [0.05, 0.1) is 0 Å². The van der Waals surface area contributed by atoms with E-state index in [2.05, 4.69) is 4.98 Å². The van der Waals surface area contributed by atoms with Gasteiger partial charge in [-0.2, -0.15) is 0 Å². The van der Waals surface area contributed by atoms with Gasteiger partial charge < -0.3 is 10.2 Å². The van der Waals surface area contributed by atoms with Crippen LogP contribution >= 0.6 is 0 Å². The Balaban J connectivity index is 2.69. The number of carboxylic acid groups (broad SMARTS) is 1. The van der Waals surface area contributed by atoms with E-state index >= 15 is 0 Å². The van der Waals surface area contributed by atoms with E-state index in [1.165, 1.54) is 0 Å². The molecule has 2 N–H and O–H groups in total. The third kappa shape index (κ3) is 2.83. The van der Waals surface area contributed by atoms with Crippen molar-refractivity contribution in [3.63, 3.8) is 0 Å². The summed E-state index contributed by atoms with van der Waals surface area (Å²) in [4.78, 5) is 14.2. The zero-order valence-electron chi connectivity index (χ0n) is 7.27. The highest BCUT2D eigenvalue weighted by Gasteiger charge is 2.13. The average Bonchev–Trinajstić information content (AvgIpc) is 2.04. The van der Waals surface area contributed by atoms with Crippen molar-refractivity contribution in [3.05, 3.63) is 29.6 Å². The third-order valence-electron chi connectivity index (χ3n) is 1.65. The standard InChI is InChI=1S/C9H11NO3/c1-6-2-7(5-10-4-6)3-8(11)9(12)13/h2,4-5,8,11H,3H2,1H3,(H,12,13). The second kappa shape index (κ2) is 4.00. The maximum Gasteiger partial charge on any atom is 0.332 e. The van der Waals surface area contributed by atoms with Crippen molar-refractivity contribution in [1.29, 1.82) is 0 Å². The molecule has 4 nitrogen and oxygen atoms in total. The van der Waals surface area contributed by atoms with Gasteiger partial charge in [-0.15, -0.1) is 0 Å². The number of aromatic nitrogens is 1. The number of nitrogens with zero attached hydrogens (tertiary/aromatic N) is 1. The zero-order chi connectivity index (χ0) is 9.84. The lowest BCUT2D eigenvalue weighted by molar-refractivity contribution is -0.146. The number of pyridine rings is 1. The van der Waals surface area contributed by atoms with Gasteiger partial charge in [-0.25, -0.2) is 4.79 Å². The number of aliphatic hydroxyl groups excluding tert-OH is 1. The average molecular weight is 181 g/mol. The number of aliphatic carboxylic acids is 1. The Morgan fingerprint density at radius 1 is 1.62 bits per heavy atom. The molecule has 0 aliphatic heterocycles. The van der Waals surface area contributed by atoms with Crippen LogP contribution in [0.3, 0.4) is 0 Å². The Morgan fingerprint density at radius 2 is 2.31 bits per heavy atom. The number of carboxylic acids is 1. The van der Waals surface area contributed by atoms with Crippen molar-refractivity contribution in [2.75, 3.05) is 0 Å². The molecule has 1 aromatic heterocycles. The molecule has 0 saturated carbocycles. The molecule has 0 amide bonds. The summed E-state index contributed by atoms with van der Waals surface area (Å²) in [5, 5.41) is 17.5. The van der Waals surface area contributed by atoms with Crippen molar-refractivity contribution in [2.45, 2.75) is 19.4 Å². The summed E-state index contributed by atoms with van der Waals surface area (Å²) in [7, 11) is 0. The van der Waals surface area contributed by atoms with Crippen molar-refractivity contribution in [1.82, 2.24) is 4.98 Å². The van der Waals surface area contributed by atoms with Crippen LogP contribution in [0.25, 0.3) is 0 Å². The molecule has 0 fully saturated rings. The van der Waals surface area contributed by atoms with Gasteiger partial charge in [0.1, 0.15) is 0 Å². The lowest BCUT2D eigenvalue weighted by Gasteiger charge is -2.04. The van der Waals surface area contributed by atoms with Crippen LogP contribution in [0.15, 0.2) is 18.5 Å². The molecule has 1 atom stereocenters. The first-order valence-electron chi connectivity index (χ1n) is 3.91. The normalized spacial score (nSPS) is 12.5. The second-order valence-corrected chi connectivity index (χ2v) is 2.93. The molecular weight excluding hydrogens is 170 g/mol. The predicted molar refractivity (Wildman–Crippen MR) is 46.3 cm³/mol. The minimum absolute atomic E-state index is 0.101. The molecule has 0 saturated heterocycles. The Bertz CT molecular complexity index is 311. The maximum atomic E-state index is 10.3. The van der Waals surface area contributed by atoms with Crippen molar-refractivity contribution < 1.29 is 15.0 Å². The monoisotopic (exact) mass is 181 g/mol. The maximum absolute atomic E-state index is 10.3. The quantitative estimate of drug-likeness (QED) is 0.707. The van der Waals surface area contributed by atoms with Crippen LogP contribution in [-0.2, 0) is 11.2 Å². The lowest BCUT2D eigenvalue weighted by atomic mass is 10.1. The molecule has 0 aromatic carbocycles. The lowest BCUT2D eigenvalue weighted by Crippen LogP contribution is -2.22. The molecule has 0 aliphatic rings. The van der Waals surface area contributed by atoms with E-state index in [0.29, 0.717) is 0 Å². The Kier molecular flexibility index (Phi) is 2.97. The molecule has 0 bridgehead atoms. The molecule has 0 radical (unpaired) electrons. The van der Waals surface area contributed by atoms with Gasteiger partial charge in [-0.3, -0.25) is 4.98 Å². The van der Waals surface area contributed by atoms with Crippen LogP contribution in [0.5, 0.6) is 0 Å². The minimum Gasteiger partial charge on any atom is -0.479 e. The van der Waals surface area contributed by atoms with Crippen molar-refractivity contribution >= 4 is 5.97 Å². The van der Waals surface area contributed by atoms with Gasteiger partial charge in [0.15, 0.2) is 6.10 Å². The number of rotatable bonds is 3. The number of aliphatic hydroxyl groups is 1. The Labute approximate surface area is 75.9 Å². The molecule has 4 heteroatoms. The summed E-state index contributed by atoms with van der Waals surface area (Å²) in [5.74, 6) is -1.21. The molecule has 13 heavy (non-hydrogen) atoms. The zero-order valence-corrected chi connectivity index (χ0v) is 7.27. The van der Waals surface area contributed by atoms with E-state index in [0.717, 1.165) is 11.1 Å². The fourth-order valence-electron chi connectivity index (χ4n) is 1.04. The molecule has 70 valence electrons. The first-order valence-corrected chi connectivity index (χ1v) is 3.91. The topological polar surface area (TPSA) is 70.4 Å². The summed E-state index contributed by atoms with van der Waals surface area (Å²) in [6.45, 7) is 1.86. The third-order valence-corrected chi connectivity index (χ3v) is 1.65. The minimum atomic E-state index is -1.34. The number of carbonyl (C=O) groups is 1. The van der Waals surface area contributed by atoms with E-state index in [1.807, 2.05) is 6.92 Å². The predicted octanol–water partition coefficient (Wildman–Crippen LogP) is 0.378. The van der Waals surface area contributed by atoms with Crippen molar-refractivity contribution in [3.8, 4) is 0 Å². The van der Waals surface area contributed by atoms with Crippen LogP contribution < -0.4 is 0 Å². The van der Waals surface area contributed by atoms with Crippen molar-refractivity contribution in [2.24, 2.45) is 0 Å². The van der Waals surface area contributed by atoms with Crippen LogP contribution in [0.1, 0.15) is 11.1 Å². The summed E-state index contributed by atoms with van der Waals surface area (Å²) in [6, 6.07) is 1.80. The largest absolute Gasteiger partial charge is 0.479 e. The summed E-state index contributed by atoms with van der Waals surface area (Å²) >= 11 is 0. The first kappa shape index (κ1) is 9.67. The Morgan fingerprint density at radius 3 is 2.85 bits per heavy atom. The molecule has 1 heterocycles. The number of aryl methyl sites for hydroxylation is 1. The summed E-state index contributed by atoms with van der Waals surface area (Å²) < 4.78 is 0. The highest BCUT2D eigenvalue weighted by molar-refractivity contribution is 5.72. The van der Waals surface area contributed by atoms with E-state index < -0.39 is 12.1 Å². The first-order chi connectivity index (χ1) is 6.09. The highest BCUT2D eigenvalue weighted by Crippen LogP contribution is 2.04. The van der Waals surface area contributed by atoms with Gasteiger partial charge >= 0.3 is 5.97 Å². The Hall–Kier alpha value is -1.42. The van der Waals surface area contributed by atoms with Gasteiger partial charge in [0.2, 0.25) is 0 Å². The number of hydrogen-bond acceptors (Lipinski definition) is 3. The van der Waals surface area contributed by atoms with E-state index in [-0.39, 0.29) is 6.42 Å². The van der Waals surface area contributed by atoms with E-state index in [4.69, 9.17) is 10.2 Å². The molecule has 1 unspecified atom stereocenters. The van der Waals surface area contributed by atoms with Gasteiger partial charge in [-0.1, -0.05) is 6.07 Å². The molecule has 0 aliphatic carbocycles. The summed E-state index contributed by atoms with van der Waals surface area (Å²) in [5.41, 5.74) is 1.69. The molecule has 1 aromatic rings. The van der Waals surface area contributed by atoms with Crippen LogP contribution in [0.4, 0.5) is 0 Å². The van der Waals surface area contributed by atoms with Crippen LogP contribution in [0.2, 0.25) is 0 Å². The smallest absolute Gasteiger partial charge is 0.332 e. The second-order valence-electron chi connectivity index (χ2n) is 2.93. The number of hydrogen-bond donors (Lipinski definition) is 2. The van der Waals surface area contributed by atoms with E-state index in [1.54, 1.807) is 18.5 Å². The van der Waals surface area contributed by atoms with Gasteiger partial charge in [0, 0.05) is 18.8 Å². The molecular formula is C9H11NO3. The van der Waals surface area contributed by atoms with Crippen LogP contribution in [-0.4, -0.2) is 27.3 Å². The SMILES string of the molecule is Cc1cncc(CC(O)C(=O)O)c1. The highest BCUT2D eigenvalue weighted by atomic mass is 16.4. The van der Waals surface area contributed by atoms with E-state index in [9.17, 15) is 4.79 Å². The van der Waals surface area contributed by atoms with Gasteiger partial charge in [0.25, 0.3) is 0 Å². The van der Waals surface area contributed by atoms with Crippen LogP contribution in [0, 0.1) is 6.92 Å². The summed E-state index contributed by atoms with van der Waals surface area (Å²) in [6.07, 6.45) is 1.99. The van der Waals surface area contributed by atoms with Gasteiger partial charge in [-0.05, 0) is 18.1 Å². The fourth-order valence-corrected chi connectivity index (χ4v) is 1.04. The molecule has 0 spiro atoms. The fraction of sp³-hybridized carbons (Fsp3) is 0.333.